The maximum Gasteiger partial charge on any atom is 0.361 e. The van der Waals surface area contributed by atoms with Crippen LogP contribution in [0.5, 0.6) is 0 Å². The molecule has 0 saturated heterocycles. The Morgan fingerprint density at radius 1 is 0.239 bits per heavy atom. The average Bonchev–Trinajstić information content (AvgIpc) is 3.09. The maximum absolute atomic E-state index is 6.46. The standard InChI is InChI=1S/C40H24Br4O2/c41-33-13-5-27(6-14-33)37-21-31(22-38(45-37)28-7-15-34(42)16-8-28)25-1-2-26(4-3-25)32-23-39(29-9-17-35(43)18-10-29)46-40(24-32)30-11-19-36(44)20-12-30/h1-24H/q+2. The molecule has 5 aromatic carbocycles. The first-order chi connectivity index (χ1) is 22.4. The molecule has 7 aromatic rings. The van der Waals surface area contributed by atoms with Crippen molar-refractivity contribution < 1.29 is 8.83 Å². The van der Waals surface area contributed by atoms with Gasteiger partial charge in [0, 0.05) is 29.0 Å². The molecule has 0 fully saturated rings. The fourth-order valence-electron chi connectivity index (χ4n) is 5.22. The summed E-state index contributed by atoms with van der Waals surface area (Å²) in [5, 5.41) is 0. The number of halogens is 4. The van der Waals surface area contributed by atoms with Gasteiger partial charge in [0.2, 0.25) is 0 Å². The second-order valence-corrected chi connectivity index (χ2v) is 14.4. The molecule has 2 aromatic heterocycles. The summed E-state index contributed by atoms with van der Waals surface area (Å²) in [6.07, 6.45) is 0. The van der Waals surface area contributed by atoms with Gasteiger partial charge in [-0.2, -0.15) is 0 Å². The lowest BCUT2D eigenvalue weighted by molar-refractivity contribution is 0.582. The van der Waals surface area contributed by atoms with Crippen molar-refractivity contribution >= 4 is 63.7 Å². The van der Waals surface area contributed by atoms with Crippen molar-refractivity contribution in [2.45, 2.75) is 0 Å². The molecular formula is C40H24Br4O2+2. The lowest BCUT2D eigenvalue weighted by atomic mass is 9.97. The summed E-state index contributed by atoms with van der Waals surface area (Å²) in [5.74, 6) is 3.20. The summed E-state index contributed by atoms with van der Waals surface area (Å²) >= 11 is 14.2. The second kappa shape index (κ2) is 13.6. The van der Waals surface area contributed by atoms with Crippen LogP contribution in [-0.4, -0.2) is 0 Å². The predicted molar refractivity (Wildman–Crippen MR) is 203 cm³/mol. The van der Waals surface area contributed by atoms with Gasteiger partial charge in [0.15, 0.2) is 0 Å². The molecule has 0 radical (unpaired) electrons. The predicted octanol–water partition coefficient (Wildman–Crippen LogP) is 14.5. The summed E-state index contributed by atoms with van der Waals surface area (Å²) < 4.78 is 17.0. The second-order valence-electron chi connectivity index (χ2n) is 10.8. The quantitative estimate of drug-likeness (QED) is 0.156. The van der Waals surface area contributed by atoms with E-state index in [1.807, 2.05) is 48.5 Å². The molecule has 0 atom stereocenters. The monoisotopic (exact) mass is 852 g/mol. The molecule has 2 nitrogen and oxygen atoms in total. The highest BCUT2D eigenvalue weighted by molar-refractivity contribution is 9.11. The first-order valence-corrected chi connectivity index (χ1v) is 17.7. The topological polar surface area (TPSA) is 22.6 Å². The van der Waals surface area contributed by atoms with Crippen molar-refractivity contribution in [3.8, 4) is 67.5 Å². The van der Waals surface area contributed by atoms with Crippen LogP contribution < -0.4 is 0 Å². The first-order valence-electron chi connectivity index (χ1n) is 14.5. The molecule has 0 aliphatic rings. The zero-order valence-corrected chi connectivity index (χ0v) is 30.5. The van der Waals surface area contributed by atoms with Gasteiger partial charge in [-0.1, -0.05) is 88.0 Å². The molecule has 46 heavy (non-hydrogen) atoms. The zero-order valence-electron chi connectivity index (χ0n) is 24.2. The average molecular weight is 856 g/mol. The summed E-state index contributed by atoms with van der Waals surface area (Å²) in [5.41, 5.74) is 8.37. The minimum atomic E-state index is 0.801. The highest BCUT2D eigenvalue weighted by atomic mass is 79.9. The largest absolute Gasteiger partial charge is 0.361 e. The Hall–Kier alpha value is -3.68. The van der Waals surface area contributed by atoms with Gasteiger partial charge in [-0.05, 0) is 108 Å². The highest BCUT2D eigenvalue weighted by Gasteiger charge is 2.23. The van der Waals surface area contributed by atoms with Crippen LogP contribution in [0.2, 0.25) is 0 Å². The molecule has 222 valence electrons. The van der Waals surface area contributed by atoms with Crippen LogP contribution in [0, 0.1) is 0 Å². The van der Waals surface area contributed by atoms with E-state index < -0.39 is 0 Å². The number of hydrogen-bond donors (Lipinski definition) is 0. The molecule has 7 rings (SSSR count). The molecule has 0 aliphatic carbocycles. The fraction of sp³-hybridized carbons (Fsp3) is 0. The van der Waals surface area contributed by atoms with Gasteiger partial charge in [0.25, 0.3) is 0 Å². The van der Waals surface area contributed by atoms with E-state index >= 15 is 0 Å². The lowest BCUT2D eigenvalue weighted by Crippen LogP contribution is -1.88. The Morgan fingerprint density at radius 2 is 0.435 bits per heavy atom. The summed E-state index contributed by atoms with van der Waals surface area (Å²) in [6, 6.07) is 49.9. The molecule has 2 heterocycles. The molecule has 0 unspecified atom stereocenters. The minimum Gasteiger partial charge on any atom is -0.207 e. The minimum absolute atomic E-state index is 0.801. The zero-order chi connectivity index (χ0) is 31.6. The van der Waals surface area contributed by atoms with Crippen LogP contribution in [0.15, 0.2) is 172 Å². The van der Waals surface area contributed by atoms with Crippen LogP contribution >= 0.6 is 63.7 Å². The number of rotatable bonds is 6. The van der Waals surface area contributed by atoms with Crippen molar-refractivity contribution in [1.82, 2.24) is 0 Å². The van der Waals surface area contributed by atoms with Gasteiger partial charge in [0.1, 0.15) is 0 Å². The Bertz CT molecular complexity index is 1860. The normalized spacial score (nSPS) is 11.0. The summed E-state index contributed by atoms with van der Waals surface area (Å²) in [6.45, 7) is 0. The smallest absolute Gasteiger partial charge is 0.207 e. The molecule has 0 bridgehead atoms. The van der Waals surface area contributed by atoms with Crippen molar-refractivity contribution in [2.24, 2.45) is 0 Å². The van der Waals surface area contributed by atoms with Crippen molar-refractivity contribution in [3.05, 3.63) is 163 Å². The van der Waals surface area contributed by atoms with Crippen LogP contribution in [0.1, 0.15) is 0 Å². The van der Waals surface area contributed by atoms with Gasteiger partial charge in [-0.15, -0.1) is 0 Å². The molecule has 0 aliphatic heterocycles. The number of hydrogen-bond acceptors (Lipinski definition) is 0. The molecule has 0 amide bonds. The maximum atomic E-state index is 6.46. The van der Waals surface area contributed by atoms with Crippen LogP contribution in [-0.2, 0) is 0 Å². The lowest BCUT2D eigenvalue weighted by Gasteiger charge is -2.06. The molecule has 0 N–H and O–H groups in total. The molecule has 6 heteroatoms. The van der Waals surface area contributed by atoms with Gasteiger partial charge in [-0.25, -0.2) is 8.83 Å². The Morgan fingerprint density at radius 3 is 0.652 bits per heavy atom. The van der Waals surface area contributed by atoms with Crippen LogP contribution in [0.4, 0.5) is 0 Å². The van der Waals surface area contributed by atoms with Crippen LogP contribution in [0.3, 0.4) is 0 Å². The van der Waals surface area contributed by atoms with E-state index in [2.05, 4.69) is 161 Å². The Balaban J connectivity index is 1.30. The summed E-state index contributed by atoms with van der Waals surface area (Å²) in [4.78, 5) is 0. The van der Waals surface area contributed by atoms with E-state index in [-0.39, 0.29) is 0 Å². The highest BCUT2D eigenvalue weighted by Crippen LogP contribution is 2.37. The van der Waals surface area contributed by atoms with Gasteiger partial charge >= 0.3 is 23.0 Å². The van der Waals surface area contributed by atoms with Gasteiger partial charge in [0.05, 0.1) is 46.5 Å². The molecular weight excluding hydrogens is 832 g/mol. The van der Waals surface area contributed by atoms with Gasteiger partial charge in [-0.3, -0.25) is 0 Å². The Labute approximate surface area is 301 Å². The van der Waals surface area contributed by atoms with Crippen molar-refractivity contribution in [2.75, 3.05) is 0 Å². The van der Waals surface area contributed by atoms with E-state index in [0.717, 1.165) is 85.4 Å². The van der Waals surface area contributed by atoms with E-state index in [4.69, 9.17) is 8.83 Å². The number of benzene rings is 5. The third kappa shape index (κ3) is 7.01. The van der Waals surface area contributed by atoms with E-state index in [1.54, 1.807) is 0 Å². The first kappa shape index (κ1) is 30.9. The van der Waals surface area contributed by atoms with E-state index in [1.165, 1.54) is 0 Å². The van der Waals surface area contributed by atoms with Crippen LogP contribution in [0.25, 0.3) is 67.5 Å². The SMILES string of the molecule is Brc1ccc(-c2cc(-c3ccc(-c4cc(-c5ccc(Br)cc5)[o+]c(-c5ccc(Br)cc5)c4)cc3)cc(-c3ccc(Br)cc3)[o+]2)cc1. The van der Waals surface area contributed by atoms with E-state index in [0.29, 0.717) is 0 Å². The van der Waals surface area contributed by atoms with Crippen molar-refractivity contribution in [1.29, 1.82) is 0 Å². The molecule has 0 spiro atoms. The Kier molecular flexibility index (Phi) is 9.14. The fourth-order valence-corrected chi connectivity index (χ4v) is 6.27. The molecule has 0 saturated carbocycles. The van der Waals surface area contributed by atoms with Crippen molar-refractivity contribution in [3.63, 3.8) is 0 Å². The van der Waals surface area contributed by atoms with Gasteiger partial charge < -0.3 is 0 Å². The third-order valence-corrected chi connectivity index (χ3v) is 9.77. The van der Waals surface area contributed by atoms with E-state index in [9.17, 15) is 0 Å². The summed E-state index contributed by atoms with van der Waals surface area (Å²) in [7, 11) is 0. The third-order valence-electron chi connectivity index (χ3n) is 7.65.